The van der Waals surface area contributed by atoms with Crippen LogP contribution >= 0.6 is 0 Å². The molecule has 0 bridgehead atoms. The molecule has 1 amide bonds. The Bertz CT molecular complexity index is 681. The third kappa shape index (κ3) is 3.07. The zero-order chi connectivity index (χ0) is 15.6. The van der Waals surface area contributed by atoms with E-state index in [1.165, 1.54) is 12.1 Å². The molecule has 1 saturated heterocycles. The Labute approximate surface area is 123 Å². The fourth-order valence-corrected chi connectivity index (χ4v) is 4.09. The average Bonchev–Trinajstić information content (AvgIpc) is 2.63. The Kier molecular flexibility index (Phi) is 4.32. The summed E-state index contributed by atoms with van der Waals surface area (Å²) in [5, 5.41) is 10.5. The second kappa shape index (κ2) is 5.85. The van der Waals surface area contributed by atoms with E-state index in [0.29, 0.717) is 18.5 Å². The first-order valence-electron chi connectivity index (χ1n) is 6.69. The molecule has 1 aliphatic rings. The Balaban J connectivity index is 2.46. The Morgan fingerprint density at radius 1 is 1.33 bits per heavy atom. The van der Waals surface area contributed by atoms with Crippen molar-refractivity contribution < 1.29 is 23.1 Å². The molecule has 1 atom stereocenters. The summed E-state index contributed by atoms with van der Waals surface area (Å²) in [4.78, 5) is 22.9. The molecule has 0 radical (unpaired) electrons. The highest BCUT2D eigenvalue weighted by atomic mass is 32.2. The van der Waals surface area contributed by atoms with Crippen LogP contribution < -0.4 is 5.32 Å². The van der Waals surface area contributed by atoms with E-state index in [9.17, 15) is 18.0 Å². The van der Waals surface area contributed by atoms with Gasteiger partial charge in [-0.25, -0.2) is 13.2 Å². The molecule has 21 heavy (non-hydrogen) atoms. The van der Waals surface area contributed by atoms with Gasteiger partial charge in [-0.05, 0) is 43.9 Å². The van der Waals surface area contributed by atoms with Gasteiger partial charge >= 0.3 is 5.97 Å². The van der Waals surface area contributed by atoms with Crippen LogP contribution in [0.2, 0.25) is 0 Å². The summed E-state index contributed by atoms with van der Waals surface area (Å²) in [7, 11) is -3.88. The van der Waals surface area contributed by atoms with E-state index in [2.05, 4.69) is 5.32 Å². The molecule has 2 rings (SSSR count). The maximum Gasteiger partial charge on any atom is 0.335 e. The smallest absolute Gasteiger partial charge is 0.335 e. The number of sulfone groups is 1. The van der Waals surface area contributed by atoms with Crippen molar-refractivity contribution in [2.45, 2.75) is 36.3 Å². The molecule has 0 aromatic heterocycles. The number of hydrogen-bond donors (Lipinski definition) is 2. The van der Waals surface area contributed by atoms with Crippen molar-refractivity contribution >= 4 is 21.7 Å². The summed E-state index contributed by atoms with van der Waals surface area (Å²) in [6.45, 7) is 2.07. The number of carboxylic acids is 1. The third-order valence-electron chi connectivity index (χ3n) is 3.63. The van der Waals surface area contributed by atoms with Crippen molar-refractivity contribution in [2.75, 3.05) is 6.54 Å². The lowest BCUT2D eigenvalue weighted by molar-refractivity contribution is -0.120. The quantitative estimate of drug-likeness (QED) is 0.871. The highest BCUT2D eigenvalue weighted by Crippen LogP contribution is 2.24. The molecule has 1 fully saturated rings. The molecule has 1 unspecified atom stereocenters. The van der Waals surface area contributed by atoms with Gasteiger partial charge in [0, 0.05) is 6.54 Å². The number of amides is 1. The van der Waals surface area contributed by atoms with Gasteiger partial charge in [-0.2, -0.15) is 0 Å². The van der Waals surface area contributed by atoms with Crippen LogP contribution in [0.15, 0.2) is 23.1 Å². The summed E-state index contributed by atoms with van der Waals surface area (Å²) < 4.78 is 25.2. The molecule has 6 nitrogen and oxygen atoms in total. The van der Waals surface area contributed by atoms with Crippen molar-refractivity contribution in [2.24, 2.45) is 0 Å². The van der Waals surface area contributed by atoms with Crippen LogP contribution in [0.4, 0.5) is 0 Å². The number of hydrogen-bond acceptors (Lipinski definition) is 4. The molecule has 1 aliphatic heterocycles. The summed E-state index contributed by atoms with van der Waals surface area (Å²) >= 11 is 0. The van der Waals surface area contributed by atoms with Gasteiger partial charge in [0.05, 0.1) is 10.5 Å². The van der Waals surface area contributed by atoms with E-state index >= 15 is 0 Å². The highest BCUT2D eigenvalue weighted by Gasteiger charge is 2.35. The van der Waals surface area contributed by atoms with Crippen LogP contribution in [0.3, 0.4) is 0 Å². The molecule has 1 heterocycles. The number of aromatic carboxylic acids is 1. The maximum atomic E-state index is 12.6. The number of rotatable bonds is 3. The van der Waals surface area contributed by atoms with E-state index in [0.717, 1.165) is 12.5 Å². The Morgan fingerprint density at radius 2 is 2.05 bits per heavy atom. The average molecular weight is 311 g/mol. The predicted molar refractivity (Wildman–Crippen MR) is 76.0 cm³/mol. The first-order chi connectivity index (χ1) is 9.84. The molecule has 0 saturated carbocycles. The molecule has 0 spiro atoms. The van der Waals surface area contributed by atoms with Crippen LogP contribution in [0.25, 0.3) is 0 Å². The van der Waals surface area contributed by atoms with E-state index < -0.39 is 27.0 Å². The SMILES string of the molecule is Cc1ccc(S(=O)(=O)C2CCCCNC2=O)cc1C(=O)O. The van der Waals surface area contributed by atoms with Crippen LogP contribution in [-0.2, 0) is 14.6 Å². The molecular weight excluding hydrogens is 294 g/mol. The van der Waals surface area contributed by atoms with Gasteiger partial charge in [0.1, 0.15) is 5.25 Å². The second-order valence-electron chi connectivity index (χ2n) is 5.10. The highest BCUT2D eigenvalue weighted by molar-refractivity contribution is 7.92. The van der Waals surface area contributed by atoms with Crippen LogP contribution in [0.5, 0.6) is 0 Å². The van der Waals surface area contributed by atoms with Gasteiger partial charge in [-0.1, -0.05) is 6.07 Å². The molecule has 114 valence electrons. The number of aryl methyl sites for hydroxylation is 1. The van der Waals surface area contributed by atoms with E-state index in [1.54, 1.807) is 6.92 Å². The summed E-state index contributed by atoms with van der Waals surface area (Å²) in [6, 6.07) is 3.94. The van der Waals surface area contributed by atoms with Gasteiger partial charge in [0.15, 0.2) is 9.84 Å². The number of carbonyl (C=O) groups excluding carboxylic acids is 1. The normalized spacial score (nSPS) is 19.7. The lowest BCUT2D eigenvalue weighted by Gasteiger charge is -2.15. The monoisotopic (exact) mass is 311 g/mol. The van der Waals surface area contributed by atoms with Crippen molar-refractivity contribution in [3.8, 4) is 0 Å². The lowest BCUT2D eigenvalue weighted by Crippen LogP contribution is -2.38. The third-order valence-corrected chi connectivity index (χ3v) is 5.74. The summed E-state index contributed by atoms with van der Waals surface area (Å²) in [5.41, 5.74) is 0.414. The first-order valence-corrected chi connectivity index (χ1v) is 8.24. The zero-order valence-corrected chi connectivity index (χ0v) is 12.4. The van der Waals surface area contributed by atoms with Crippen LogP contribution in [0, 0.1) is 6.92 Å². The lowest BCUT2D eigenvalue weighted by atomic mass is 10.1. The van der Waals surface area contributed by atoms with Gasteiger partial charge in [0.25, 0.3) is 0 Å². The van der Waals surface area contributed by atoms with Gasteiger partial charge in [-0.3, -0.25) is 4.79 Å². The number of benzene rings is 1. The predicted octanol–water partition coefficient (Wildman–Crippen LogP) is 1.14. The largest absolute Gasteiger partial charge is 0.478 e. The maximum absolute atomic E-state index is 12.6. The first kappa shape index (κ1) is 15.5. The van der Waals surface area contributed by atoms with Crippen molar-refractivity contribution in [1.29, 1.82) is 0 Å². The second-order valence-corrected chi connectivity index (χ2v) is 7.23. The van der Waals surface area contributed by atoms with E-state index in [1.807, 2.05) is 0 Å². The molecule has 1 aromatic carbocycles. The number of carboxylic acid groups (broad SMARTS) is 1. The molecular formula is C14H17NO5S. The van der Waals surface area contributed by atoms with Gasteiger partial charge in [0.2, 0.25) is 5.91 Å². The van der Waals surface area contributed by atoms with Gasteiger partial charge < -0.3 is 10.4 Å². The molecule has 0 aliphatic carbocycles. The molecule has 7 heteroatoms. The van der Waals surface area contributed by atoms with Crippen LogP contribution in [-0.4, -0.2) is 37.2 Å². The van der Waals surface area contributed by atoms with Crippen molar-refractivity contribution in [3.63, 3.8) is 0 Å². The molecule has 1 aromatic rings. The minimum atomic E-state index is -3.88. The van der Waals surface area contributed by atoms with E-state index in [-0.39, 0.29) is 16.9 Å². The van der Waals surface area contributed by atoms with Crippen molar-refractivity contribution in [1.82, 2.24) is 5.32 Å². The van der Waals surface area contributed by atoms with E-state index in [4.69, 9.17) is 5.11 Å². The number of nitrogens with one attached hydrogen (secondary N) is 1. The standard InChI is InChI=1S/C14H17NO5S/c1-9-5-6-10(8-11(9)14(17)18)21(19,20)12-4-2-3-7-15-13(12)16/h5-6,8,12H,2-4,7H2,1H3,(H,15,16)(H,17,18). The Hall–Kier alpha value is -1.89. The topological polar surface area (TPSA) is 101 Å². The summed E-state index contributed by atoms with van der Waals surface area (Å²) in [6.07, 6.45) is 1.64. The Morgan fingerprint density at radius 3 is 2.71 bits per heavy atom. The fourth-order valence-electron chi connectivity index (χ4n) is 2.38. The zero-order valence-electron chi connectivity index (χ0n) is 11.6. The minimum Gasteiger partial charge on any atom is -0.478 e. The summed E-state index contributed by atoms with van der Waals surface area (Å²) in [5.74, 6) is -1.69. The van der Waals surface area contributed by atoms with Gasteiger partial charge in [-0.15, -0.1) is 0 Å². The fraction of sp³-hybridized carbons (Fsp3) is 0.429. The van der Waals surface area contributed by atoms with Crippen LogP contribution in [0.1, 0.15) is 35.2 Å². The molecule has 2 N–H and O–H groups in total. The minimum absolute atomic E-state index is 0.0647. The van der Waals surface area contributed by atoms with Crippen molar-refractivity contribution in [3.05, 3.63) is 29.3 Å². The number of carbonyl (C=O) groups is 2.